The van der Waals surface area contributed by atoms with Gasteiger partial charge in [0.15, 0.2) is 5.76 Å². The molecule has 1 aromatic rings. The van der Waals surface area contributed by atoms with Crippen LogP contribution in [0.1, 0.15) is 21.1 Å². The first-order valence-electron chi connectivity index (χ1n) is 3.58. The first-order valence-corrected chi connectivity index (χ1v) is 3.58. The Morgan fingerprint density at radius 1 is 1.29 bits per heavy atom. The lowest BCUT2D eigenvalue weighted by molar-refractivity contribution is -0.114. The monoisotopic (exact) mass is 197 g/mol. The second kappa shape index (κ2) is 3.73. The lowest BCUT2D eigenvalue weighted by atomic mass is 10.3. The summed E-state index contributed by atoms with van der Waals surface area (Å²) in [5.41, 5.74) is 4.72. The molecule has 0 saturated heterocycles. The quantitative estimate of drug-likeness (QED) is 0.408. The molecule has 1 amide bonds. The molecule has 0 spiro atoms. The number of Topliss-reactive ketones (excluding diaryl/α,β-unsaturated/α-hetero) is 1. The molecule has 0 aliphatic carbocycles. The average molecular weight is 197 g/mol. The first-order chi connectivity index (χ1) is 6.56. The van der Waals surface area contributed by atoms with Crippen LogP contribution < -0.4 is 5.73 Å². The number of furan rings is 1. The van der Waals surface area contributed by atoms with Crippen LogP contribution in [0.4, 0.5) is 0 Å². The lowest BCUT2D eigenvalue weighted by Crippen LogP contribution is -2.22. The Labute approximate surface area is 78.6 Å². The van der Waals surface area contributed by atoms with Crippen molar-refractivity contribution in [1.29, 1.82) is 0 Å². The molecule has 0 bridgehead atoms. The molecule has 1 rings (SSSR count). The smallest absolute Gasteiger partial charge is 0.373 e. The Morgan fingerprint density at radius 3 is 2.36 bits per heavy atom. The van der Waals surface area contributed by atoms with E-state index in [0.29, 0.717) is 0 Å². The Hall–Kier alpha value is -2.11. The van der Waals surface area contributed by atoms with Crippen LogP contribution >= 0.6 is 0 Å². The molecule has 6 heteroatoms. The fraction of sp³-hybridized carbons (Fsp3) is 0.125. The van der Waals surface area contributed by atoms with E-state index in [-0.39, 0.29) is 11.5 Å². The first kappa shape index (κ1) is 9.97. The molecule has 0 aromatic carbocycles. The van der Waals surface area contributed by atoms with E-state index in [4.69, 9.17) is 10.2 Å². The number of hydrogen-bond donors (Lipinski definition) is 1. The number of amides is 1. The summed E-state index contributed by atoms with van der Waals surface area (Å²) in [6.45, 7) is 0. The Bertz CT molecular complexity index is 392. The van der Waals surface area contributed by atoms with Gasteiger partial charge in [-0.05, 0) is 12.1 Å². The highest BCUT2D eigenvalue weighted by Crippen LogP contribution is 2.09. The molecule has 6 nitrogen and oxygen atoms in total. The predicted molar refractivity (Wildman–Crippen MR) is 43.6 cm³/mol. The third-order valence-corrected chi connectivity index (χ3v) is 1.44. The van der Waals surface area contributed by atoms with Gasteiger partial charge in [-0.1, -0.05) is 0 Å². The third-order valence-electron chi connectivity index (χ3n) is 1.44. The number of carbonyl (C=O) groups is 3. The van der Waals surface area contributed by atoms with Gasteiger partial charge in [0.1, 0.15) is 0 Å². The second-order valence-electron chi connectivity index (χ2n) is 2.35. The van der Waals surface area contributed by atoms with Gasteiger partial charge in [-0.2, -0.15) is 0 Å². The Morgan fingerprint density at radius 2 is 1.86 bits per heavy atom. The molecule has 0 aliphatic heterocycles. The highest BCUT2D eigenvalue weighted by atomic mass is 16.5. The molecular formula is C8H7NO5. The van der Waals surface area contributed by atoms with E-state index in [2.05, 4.69) is 4.74 Å². The van der Waals surface area contributed by atoms with E-state index >= 15 is 0 Å². The molecule has 14 heavy (non-hydrogen) atoms. The fourth-order valence-electron chi connectivity index (χ4n) is 0.792. The van der Waals surface area contributed by atoms with Crippen LogP contribution in [-0.2, 0) is 9.53 Å². The van der Waals surface area contributed by atoms with Crippen molar-refractivity contribution in [3.05, 3.63) is 23.7 Å². The van der Waals surface area contributed by atoms with Gasteiger partial charge in [-0.25, -0.2) is 4.79 Å². The molecule has 1 heterocycles. The minimum Gasteiger partial charge on any atom is -0.463 e. The summed E-state index contributed by atoms with van der Waals surface area (Å²) in [6.07, 6.45) is 0. The van der Waals surface area contributed by atoms with E-state index in [9.17, 15) is 14.4 Å². The molecule has 1 aromatic heterocycles. The van der Waals surface area contributed by atoms with Crippen LogP contribution in [0.15, 0.2) is 16.5 Å². The number of esters is 1. The largest absolute Gasteiger partial charge is 0.463 e. The number of hydrogen-bond acceptors (Lipinski definition) is 5. The van der Waals surface area contributed by atoms with Crippen LogP contribution in [0.3, 0.4) is 0 Å². The molecule has 0 saturated carbocycles. The zero-order chi connectivity index (χ0) is 10.7. The normalized spacial score (nSPS) is 9.50. The summed E-state index contributed by atoms with van der Waals surface area (Å²) in [7, 11) is 1.17. The number of methoxy groups -OCH3 is 1. The van der Waals surface area contributed by atoms with E-state index in [0.717, 1.165) is 0 Å². The van der Waals surface area contributed by atoms with Crippen molar-refractivity contribution in [2.24, 2.45) is 5.73 Å². The van der Waals surface area contributed by atoms with Crippen molar-refractivity contribution >= 4 is 17.7 Å². The van der Waals surface area contributed by atoms with E-state index in [1.807, 2.05) is 0 Å². The van der Waals surface area contributed by atoms with Gasteiger partial charge in [-0.15, -0.1) is 0 Å². The molecule has 0 radical (unpaired) electrons. The van der Waals surface area contributed by atoms with E-state index in [1.54, 1.807) is 0 Å². The maximum atomic E-state index is 10.9. The summed E-state index contributed by atoms with van der Waals surface area (Å²) in [4.78, 5) is 32.3. The van der Waals surface area contributed by atoms with Crippen molar-refractivity contribution in [2.45, 2.75) is 0 Å². The molecule has 74 valence electrons. The predicted octanol–water partition coefficient (Wildman–Crippen LogP) is -0.266. The van der Waals surface area contributed by atoms with Gasteiger partial charge in [0, 0.05) is 0 Å². The van der Waals surface area contributed by atoms with Crippen molar-refractivity contribution in [1.82, 2.24) is 0 Å². The van der Waals surface area contributed by atoms with Gasteiger partial charge < -0.3 is 14.9 Å². The maximum Gasteiger partial charge on any atom is 0.373 e. The van der Waals surface area contributed by atoms with Crippen LogP contribution in [0.2, 0.25) is 0 Å². The summed E-state index contributed by atoms with van der Waals surface area (Å²) in [6, 6.07) is 2.40. The summed E-state index contributed by atoms with van der Waals surface area (Å²) in [5, 5.41) is 0. The van der Waals surface area contributed by atoms with E-state index < -0.39 is 17.7 Å². The van der Waals surface area contributed by atoms with Crippen molar-refractivity contribution < 1.29 is 23.5 Å². The van der Waals surface area contributed by atoms with Gasteiger partial charge in [0.05, 0.1) is 7.11 Å². The highest BCUT2D eigenvalue weighted by Gasteiger charge is 2.19. The molecule has 0 fully saturated rings. The molecular weight excluding hydrogens is 190 g/mol. The number of nitrogens with two attached hydrogens (primary N) is 1. The molecule has 2 N–H and O–H groups in total. The van der Waals surface area contributed by atoms with Crippen molar-refractivity contribution in [3.63, 3.8) is 0 Å². The molecule has 0 aliphatic rings. The highest BCUT2D eigenvalue weighted by molar-refractivity contribution is 6.41. The SMILES string of the molecule is COC(=O)c1ccc(C(=O)C(N)=O)o1. The summed E-state index contributed by atoms with van der Waals surface area (Å²) >= 11 is 0. The van der Waals surface area contributed by atoms with Crippen molar-refractivity contribution in [3.8, 4) is 0 Å². The summed E-state index contributed by atoms with van der Waals surface area (Å²) < 4.78 is 9.06. The van der Waals surface area contributed by atoms with Gasteiger partial charge >= 0.3 is 5.97 Å². The minimum absolute atomic E-state index is 0.155. The van der Waals surface area contributed by atoms with Crippen LogP contribution in [0, 0.1) is 0 Å². The minimum atomic E-state index is -1.14. The lowest BCUT2D eigenvalue weighted by Gasteiger charge is -1.92. The number of carbonyl (C=O) groups excluding carboxylic acids is 3. The average Bonchev–Trinajstić information content (AvgIpc) is 2.64. The Balaban J connectivity index is 2.94. The van der Waals surface area contributed by atoms with Crippen LogP contribution in [-0.4, -0.2) is 24.8 Å². The number of ketones is 1. The fourth-order valence-corrected chi connectivity index (χ4v) is 0.792. The second-order valence-corrected chi connectivity index (χ2v) is 2.35. The molecule has 0 atom stereocenters. The van der Waals surface area contributed by atoms with Gasteiger partial charge in [0.2, 0.25) is 5.76 Å². The number of primary amides is 1. The van der Waals surface area contributed by atoms with Gasteiger partial charge in [-0.3, -0.25) is 9.59 Å². The maximum absolute atomic E-state index is 10.9. The van der Waals surface area contributed by atoms with Crippen LogP contribution in [0.25, 0.3) is 0 Å². The van der Waals surface area contributed by atoms with Gasteiger partial charge in [0.25, 0.3) is 11.7 Å². The summed E-state index contributed by atoms with van der Waals surface area (Å²) in [5.74, 6) is -3.29. The molecule has 0 unspecified atom stereocenters. The van der Waals surface area contributed by atoms with E-state index in [1.165, 1.54) is 19.2 Å². The Kier molecular flexibility index (Phi) is 2.66. The zero-order valence-corrected chi connectivity index (χ0v) is 7.27. The number of rotatable bonds is 3. The third kappa shape index (κ3) is 1.79. The topological polar surface area (TPSA) is 99.6 Å². The van der Waals surface area contributed by atoms with Crippen molar-refractivity contribution in [2.75, 3.05) is 7.11 Å². The van der Waals surface area contributed by atoms with Crippen LogP contribution in [0.5, 0.6) is 0 Å². The zero-order valence-electron chi connectivity index (χ0n) is 7.27. The number of ether oxygens (including phenoxy) is 1. The standard InChI is InChI=1S/C8H7NO5/c1-13-8(12)5-3-2-4(14-5)6(10)7(9)11/h2-3H,1H3,(H2,9,11).